The number of rotatable bonds is 8. The van der Waals surface area contributed by atoms with Gasteiger partial charge in [0.1, 0.15) is 0 Å². The first-order valence-electron chi connectivity index (χ1n) is 9.31. The van der Waals surface area contributed by atoms with Crippen LogP contribution in [-0.2, 0) is 24.4 Å². The normalized spacial score (nSPS) is 22.3. The van der Waals surface area contributed by atoms with Gasteiger partial charge in [0.15, 0.2) is 19.7 Å². The lowest BCUT2D eigenvalue weighted by Gasteiger charge is -2.58. The summed E-state index contributed by atoms with van der Waals surface area (Å²) in [6.07, 6.45) is 5.03. The molecule has 0 radical (unpaired) electrons. The molecule has 8 heteroatoms. The predicted octanol–water partition coefficient (Wildman–Crippen LogP) is 2.91. The van der Waals surface area contributed by atoms with E-state index < -0.39 is 19.7 Å². The molecule has 2 rings (SSSR count). The van der Waals surface area contributed by atoms with Crippen molar-refractivity contribution in [1.29, 1.82) is 0 Å². The maximum absolute atomic E-state index is 12.4. The summed E-state index contributed by atoms with van der Waals surface area (Å²) in [6.45, 7) is 6.92. The van der Waals surface area contributed by atoms with Gasteiger partial charge in [0, 0.05) is 37.6 Å². The summed E-state index contributed by atoms with van der Waals surface area (Å²) in [5.41, 5.74) is 0.491. The molecule has 154 valence electrons. The highest BCUT2D eigenvalue weighted by atomic mass is 32.2. The van der Waals surface area contributed by atoms with Crippen molar-refractivity contribution in [1.82, 2.24) is 0 Å². The molecule has 1 aromatic rings. The summed E-state index contributed by atoms with van der Waals surface area (Å²) in [7, 11) is -5.20. The molecule has 2 unspecified atom stereocenters. The minimum absolute atomic E-state index is 0.0122. The molecule has 1 saturated carbocycles. The van der Waals surface area contributed by atoms with Crippen molar-refractivity contribution < 1.29 is 21.6 Å². The summed E-state index contributed by atoms with van der Waals surface area (Å²) in [5, 5.41) is 0. The lowest BCUT2D eigenvalue weighted by Crippen LogP contribution is -2.64. The van der Waals surface area contributed by atoms with Gasteiger partial charge in [-0.05, 0) is 44.4 Å². The molecule has 27 heavy (non-hydrogen) atoms. The first kappa shape index (κ1) is 22.2. The van der Waals surface area contributed by atoms with Gasteiger partial charge in [-0.1, -0.05) is 13.8 Å². The van der Waals surface area contributed by atoms with E-state index >= 15 is 0 Å². The number of hydrogen-bond donors (Lipinski definition) is 0. The van der Waals surface area contributed by atoms with E-state index in [1.807, 2.05) is 18.9 Å². The number of ether oxygens (including phenoxy) is 1. The fraction of sp³-hybridized carbons (Fsp3) is 0.684. The van der Waals surface area contributed by atoms with Gasteiger partial charge in [-0.25, -0.2) is 16.8 Å². The first-order chi connectivity index (χ1) is 12.4. The van der Waals surface area contributed by atoms with E-state index in [9.17, 15) is 16.8 Å². The van der Waals surface area contributed by atoms with Crippen LogP contribution in [0.2, 0.25) is 0 Å². The molecule has 0 bridgehead atoms. The first-order valence-corrected chi connectivity index (χ1v) is 13.1. The summed E-state index contributed by atoms with van der Waals surface area (Å²) in [4.78, 5) is 2.05. The Morgan fingerprint density at radius 2 is 1.67 bits per heavy atom. The monoisotopic (exact) mass is 417 g/mol. The van der Waals surface area contributed by atoms with Crippen LogP contribution in [0.3, 0.4) is 0 Å². The second kappa shape index (κ2) is 7.72. The highest BCUT2D eigenvalue weighted by Crippen LogP contribution is 2.52. The van der Waals surface area contributed by atoms with Gasteiger partial charge < -0.3 is 9.64 Å². The highest BCUT2D eigenvalue weighted by Gasteiger charge is 2.55. The van der Waals surface area contributed by atoms with Gasteiger partial charge >= 0.3 is 0 Å². The maximum atomic E-state index is 12.4. The van der Waals surface area contributed by atoms with Crippen LogP contribution < -0.4 is 4.90 Å². The third-order valence-electron chi connectivity index (χ3n) is 6.03. The molecule has 0 saturated heterocycles. The topological polar surface area (TPSA) is 80.8 Å². The van der Waals surface area contributed by atoms with Crippen LogP contribution >= 0.6 is 0 Å². The molecule has 1 aliphatic rings. The van der Waals surface area contributed by atoms with Gasteiger partial charge in [-0.15, -0.1) is 0 Å². The Hall–Kier alpha value is -1.12. The molecule has 0 aromatic heterocycles. The average Bonchev–Trinajstić information content (AvgIpc) is 2.57. The zero-order valence-corrected chi connectivity index (χ0v) is 18.7. The lowest BCUT2D eigenvalue weighted by atomic mass is 9.58. The molecule has 1 fully saturated rings. The van der Waals surface area contributed by atoms with E-state index in [-0.39, 0.29) is 27.4 Å². The zero-order chi connectivity index (χ0) is 20.6. The number of nitrogens with zero attached hydrogens (tertiary/aromatic N) is 1. The number of anilines is 1. The van der Waals surface area contributed by atoms with Crippen LogP contribution in [0.25, 0.3) is 0 Å². The standard InChI is InChI=1S/C19H31NO5S2/c1-7-19(8-2)17(13-18(19)25-9-3)20(4)15-11-10-14(26(5,21)22)12-16(15)27(6,23)24/h10-12,17-18H,7-9,13H2,1-6H3. The minimum atomic E-state index is -3.59. The van der Waals surface area contributed by atoms with E-state index in [1.165, 1.54) is 12.1 Å². The van der Waals surface area contributed by atoms with Crippen molar-refractivity contribution in [2.75, 3.05) is 31.1 Å². The third kappa shape index (κ3) is 4.03. The van der Waals surface area contributed by atoms with Gasteiger partial charge in [0.2, 0.25) is 0 Å². The molecule has 1 aliphatic carbocycles. The Balaban J connectivity index is 2.52. The van der Waals surface area contributed by atoms with Crippen molar-refractivity contribution in [2.45, 2.75) is 62.0 Å². The van der Waals surface area contributed by atoms with E-state index in [4.69, 9.17) is 4.74 Å². The molecule has 0 amide bonds. The molecule has 1 aromatic carbocycles. The Morgan fingerprint density at radius 3 is 2.11 bits per heavy atom. The van der Waals surface area contributed by atoms with Crippen LogP contribution in [0.15, 0.2) is 28.0 Å². The van der Waals surface area contributed by atoms with Crippen molar-refractivity contribution in [3.05, 3.63) is 18.2 Å². The van der Waals surface area contributed by atoms with Gasteiger partial charge in [-0.2, -0.15) is 0 Å². The summed E-state index contributed by atoms with van der Waals surface area (Å²) < 4.78 is 54.5. The van der Waals surface area contributed by atoms with Crippen molar-refractivity contribution in [2.24, 2.45) is 5.41 Å². The molecule has 2 atom stereocenters. The molecule has 0 heterocycles. The number of hydrogen-bond acceptors (Lipinski definition) is 6. The Bertz CT molecular complexity index is 889. The van der Waals surface area contributed by atoms with Crippen LogP contribution in [0.1, 0.15) is 40.0 Å². The van der Waals surface area contributed by atoms with Gasteiger partial charge in [0.25, 0.3) is 0 Å². The molecule has 0 N–H and O–H groups in total. The Labute approximate surface area is 163 Å². The summed E-state index contributed by atoms with van der Waals surface area (Å²) >= 11 is 0. The Morgan fingerprint density at radius 1 is 1.07 bits per heavy atom. The summed E-state index contributed by atoms with van der Waals surface area (Å²) in [5.74, 6) is 0. The van der Waals surface area contributed by atoms with Gasteiger partial charge in [0.05, 0.1) is 21.6 Å². The SMILES string of the molecule is CCOC1CC(N(C)c2ccc(S(C)(=O)=O)cc2S(C)(=O)=O)C1(CC)CC. The van der Waals surface area contributed by atoms with Crippen molar-refractivity contribution >= 4 is 25.4 Å². The Kier molecular flexibility index (Phi) is 6.34. The lowest BCUT2D eigenvalue weighted by molar-refractivity contribution is -0.128. The smallest absolute Gasteiger partial charge is 0.177 e. The molecular weight excluding hydrogens is 386 g/mol. The molecule has 0 aliphatic heterocycles. The minimum Gasteiger partial charge on any atom is -0.378 e. The van der Waals surface area contributed by atoms with Crippen molar-refractivity contribution in [3.8, 4) is 0 Å². The van der Waals surface area contributed by atoms with E-state index in [0.717, 1.165) is 31.8 Å². The summed E-state index contributed by atoms with van der Waals surface area (Å²) in [6, 6.07) is 4.49. The van der Waals surface area contributed by atoms with Gasteiger partial charge in [-0.3, -0.25) is 0 Å². The second-order valence-electron chi connectivity index (χ2n) is 7.42. The fourth-order valence-corrected chi connectivity index (χ4v) is 6.02. The van der Waals surface area contributed by atoms with E-state index in [2.05, 4.69) is 13.8 Å². The van der Waals surface area contributed by atoms with Crippen LogP contribution in [0.5, 0.6) is 0 Å². The zero-order valence-electron chi connectivity index (χ0n) is 17.0. The molecule has 6 nitrogen and oxygen atoms in total. The van der Waals surface area contributed by atoms with Crippen LogP contribution in [0, 0.1) is 5.41 Å². The average molecular weight is 418 g/mol. The van der Waals surface area contributed by atoms with Crippen LogP contribution in [-0.4, -0.2) is 55.1 Å². The quantitative estimate of drug-likeness (QED) is 0.647. The number of sulfone groups is 2. The maximum Gasteiger partial charge on any atom is 0.177 e. The molecule has 0 spiro atoms. The predicted molar refractivity (Wildman–Crippen MR) is 108 cm³/mol. The highest BCUT2D eigenvalue weighted by molar-refractivity contribution is 7.91. The van der Waals surface area contributed by atoms with E-state index in [0.29, 0.717) is 12.3 Å². The van der Waals surface area contributed by atoms with Crippen LogP contribution in [0.4, 0.5) is 5.69 Å². The number of benzene rings is 1. The third-order valence-corrected chi connectivity index (χ3v) is 8.27. The molecular formula is C19H31NO5S2. The largest absolute Gasteiger partial charge is 0.378 e. The van der Waals surface area contributed by atoms with Crippen molar-refractivity contribution in [3.63, 3.8) is 0 Å². The van der Waals surface area contributed by atoms with E-state index in [1.54, 1.807) is 6.07 Å². The fourth-order valence-electron chi connectivity index (χ4n) is 4.36. The second-order valence-corrected chi connectivity index (χ2v) is 11.4.